The third-order valence-corrected chi connectivity index (χ3v) is 19.5. The van der Waals surface area contributed by atoms with Crippen LogP contribution in [-0.2, 0) is 65.4 Å². The number of rotatable bonds is 74. The Labute approximate surface area is 581 Å². The summed E-state index contributed by atoms with van der Waals surface area (Å²) in [7, 11) is -9.91. The molecule has 0 aromatic carbocycles. The van der Waals surface area contributed by atoms with E-state index in [9.17, 15) is 43.2 Å². The smallest absolute Gasteiger partial charge is 0.462 e. The Hall–Kier alpha value is -1.94. The number of aliphatic hydroxyl groups is 1. The van der Waals surface area contributed by atoms with E-state index >= 15 is 0 Å². The SMILES string of the molecule is CCCCCCCCCCCCCCCCCCCCCCC(=O)O[C@H](COC(=O)CCCCCCCCCCCC(C)C)COP(=O)(O)OC[C@@H](O)COP(=O)(O)OC[C@@H](COC(=O)CCCCCCCCCCC(C)C)OC(=O)CCCCCCCCCCCC(C)C. The van der Waals surface area contributed by atoms with Gasteiger partial charge in [0.05, 0.1) is 26.4 Å². The fraction of sp³-hybridized carbons (Fsp3) is 0.947. The van der Waals surface area contributed by atoms with Crippen LogP contribution in [0.15, 0.2) is 0 Å². The van der Waals surface area contributed by atoms with Crippen LogP contribution >= 0.6 is 15.6 Å². The zero-order valence-electron chi connectivity index (χ0n) is 62.1. The zero-order chi connectivity index (χ0) is 70.1. The van der Waals surface area contributed by atoms with Gasteiger partial charge in [-0.2, -0.15) is 0 Å². The van der Waals surface area contributed by atoms with Gasteiger partial charge in [-0.05, 0) is 43.4 Å². The van der Waals surface area contributed by atoms with Crippen molar-refractivity contribution in [1.29, 1.82) is 0 Å². The third kappa shape index (κ3) is 70.3. The molecule has 3 N–H and O–H groups in total. The molecule has 0 amide bonds. The average molecular weight is 1400 g/mol. The van der Waals surface area contributed by atoms with Gasteiger partial charge >= 0.3 is 39.5 Å². The molecule has 19 heteroatoms. The summed E-state index contributed by atoms with van der Waals surface area (Å²) in [6.45, 7) is 11.8. The average Bonchev–Trinajstić information content (AvgIpc) is 1.59. The summed E-state index contributed by atoms with van der Waals surface area (Å²) in [6, 6.07) is 0. The van der Waals surface area contributed by atoms with Crippen molar-refractivity contribution in [3.05, 3.63) is 0 Å². The van der Waals surface area contributed by atoms with Gasteiger partial charge in [0.1, 0.15) is 19.3 Å². The van der Waals surface area contributed by atoms with Crippen LogP contribution in [0, 0.1) is 17.8 Å². The van der Waals surface area contributed by atoms with Gasteiger partial charge in [-0.25, -0.2) is 9.13 Å². The molecule has 0 saturated carbocycles. The number of phosphoric acid groups is 2. The van der Waals surface area contributed by atoms with Gasteiger partial charge in [-0.3, -0.25) is 37.3 Å². The second-order valence-corrected chi connectivity index (χ2v) is 31.7. The summed E-state index contributed by atoms with van der Waals surface area (Å²) in [5.41, 5.74) is 0. The first-order valence-corrected chi connectivity index (χ1v) is 42.3. The minimum absolute atomic E-state index is 0.105. The van der Waals surface area contributed by atoms with Gasteiger partial charge in [0.25, 0.3) is 0 Å². The summed E-state index contributed by atoms with van der Waals surface area (Å²) in [4.78, 5) is 72.8. The lowest BCUT2D eigenvalue weighted by atomic mass is 10.0. The molecule has 95 heavy (non-hydrogen) atoms. The number of ether oxygens (including phenoxy) is 4. The van der Waals surface area contributed by atoms with Gasteiger partial charge in [-0.1, -0.05) is 337 Å². The summed E-state index contributed by atoms with van der Waals surface area (Å²) in [5.74, 6) is 0.0860. The molecular weight excluding hydrogens is 1250 g/mol. The van der Waals surface area contributed by atoms with Crippen LogP contribution in [0.4, 0.5) is 0 Å². The summed E-state index contributed by atoms with van der Waals surface area (Å²) < 4.78 is 68.5. The van der Waals surface area contributed by atoms with Gasteiger partial charge in [-0.15, -0.1) is 0 Å². The maximum Gasteiger partial charge on any atom is 0.472 e. The number of carbonyl (C=O) groups excluding carboxylic acids is 4. The lowest BCUT2D eigenvalue weighted by molar-refractivity contribution is -0.161. The number of hydrogen-bond donors (Lipinski definition) is 3. The first-order valence-electron chi connectivity index (χ1n) is 39.3. The Morgan fingerprint density at radius 2 is 0.484 bits per heavy atom. The van der Waals surface area contributed by atoms with Crippen molar-refractivity contribution >= 4 is 39.5 Å². The standard InChI is InChI=1S/C76H148O17P2/c1-8-9-10-11-12-13-14-15-16-17-18-19-20-21-22-23-28-38-45-52-59-75(80)92-71(63-86-73(78)57-50-43-36-29-24-26-33-40-47-54-67(2)3)65-90-94(82,83)88-61-70(77)62-89-95(84,85)91-66-72(64-87-74(79)58-51-44-37-32-31-35-42-49-56-69(6)7)93-76(81)60-53-46-39-30-25-27-34-41-48-55-68(4)5/h67-72,77H,8-66H2,1-7H3,(H,82,83)(H,84,85)/t70-,71-,72-/m1/s1. The van der Waals surface area contributed by atoms with Crippen molar-refractivity contribution in [2.45, 2.75) is 407 Å². The highest BCUT2D eigenvalue weighted by molar-refractivity contribution is 7.47. The highest BCUT2D eigenvalue weighted by Crippen LogP contribution is 2.45. The third-order valence-electron chi connectivity index (χ3n) is 17.6. The van der Waals surface area contributed by atoms with Crippen molar-refractivity contribution in [2.75, 3.05) is 39.6 Å². The number of unbranched alkanes of at least 4 members (excludes halogenated alkanes) is 42. The Kier molecular flexibility index (Phi) is 65.2. The molecule has 0 aromatic heterocycles. The molecule has 564 valence electrons. The normalized spacial score (nSPS) is 14.1. The van der Waals surface area contributed by atoms with Crippen LogP contribution in [0.3, 0.4) is 0 Å². The molecule has 0 aromatic rings. The van der Waals surface area contributed by atoms with Crippen molar-refractivity contribution in [2.24, 2.45) is 17.8 Å². The van der Waals surface area contributed by atoms with Gasteiger partial charge in [0, 0.05) is 25.7 Å². The van der Waals surface area contributed by atoms with Crippen LogP contribution < -0.4 is 0 Å². The van der Waals surface area contributed by atoms with E-state index in [0.29, 0.717) is 25.7 Å². The number of carbonyl (C=O) groups is 4. The Morgan fingerprint density at radius 1 is 0.284 bits per heavy atom. The maximum absolute atomic E-state index is 13.1. The molecule has 0 saturated heterocycles. The van der Waals surface area contributed by atoms with Crippen molar-refractivity contribution in [3.63, 3.8) is 0 Å². The van der Waals surface area contributed by atoms with E-state index in [1.54, 1.807) is 0 Å². The monoisotopic (exact) mass is 1400 g/mol. The summed E-state index contributed by atoms with van der Waals surface area (Å²) in [6.07, 6.45) is 52.9. The Bertz CT molecular complexity index is 1850. The molecule has 2 unspecified atom stereocenters. The van der Waals surface area contributed by atoms with Crippen LogP contribution in [0.2, 0.25) is 0 Å². The highest BCUT2D eigenvalue weighted by Gasteiger charge is 2.30. The van der Waals surface area contributed by atoms with E-state index in [1.165, 1.54) is 199 Å². The molecule has 0 aliphatic carbocycles. The molecule has 0 radical (unpaired) electrons. The predicted octanol–water partition coefficient (Wildman–Crippen LogP) is 22.2. The molecule has 0 rings (SSSR count). The van der Waals surface area contributed by atoms with Crippen molar-refractivity contribution in [3.8, 4) is 0 Å². The van der Waals surface area contributed by atoms with E-state index in [1.807, 2.05) is 0 Å². The van der Waals surface area contributed by atoms with Gasteiger partial charge in [0.15, 0.2) is 12.2 Å². The van der Waals surface area contributed by atoms with Crippen LogP contribution in [0.1, 0.15) is 389 Å². The lowest BCUT2D eigenvalue weighted by Crippen LogP contribution is -2.30. The van der Waals surface area contributed by atoms with Gasteiger partial charge in [0.2, 0.25) is 0 Å². The van der Waals surface area contributed by atoms with Crippen molar-refractivity contribution in [1.82, 2.24) is 0 Å². The first-order chi connectivity index (χ1) is 45.7. The second-order valence-electron chi connectivity index (χ2n) is 28.8. The minimum atomic E-state index is -4.96. The van der Waals surface area contributed by atoms with Crippen LogP contribution in [-0.4, -0.2) is 96.7 Å². The Morgan fingerprint density at radius 3 is 0.716 bits per heavy atom. The molecule has 17 nitrogen and oxygen atoms in total. The minimum Gasteiger partial charge on any atom is -0.462 e. The molecule has 0 aliphatic heterocycles. The highest BCUT2D eigenvalue weighted by atomic mass is 31.2. The van der Waals surface area contributed by atoms with E-state index in [0.717, 1.165) is 108 Å². The summed E-state index contributed by atoms with van der Waals surface area (Å²) in [5, 5.41) is 10.6. The molecule has 0 spiro atoms. The van der Waals surface area contributed by atoms with E-state index in [4.69, 9.17) is 37.0 Å². The van der Waals surface area contributed by atoms with Crippen LogP contribution in [0.25, 0.3) is 0 Å². The van der Waals surface area contributed by atoms with Crippen LogP contribution in [0.5, 0.6) is 0 Å². The predicted molar refractivity (Wildman–Crippen MR) is 386 cm³/mol. The Balaban J connectivity index is 5.22. The maximum atomic E-state index is 13.1. The largest absolute Gasteiger partial charge is 0.472 e. The quantitative estimate of drug-likeness (QED) is 0.0222. The molecule has 0 heterocycles. The second kappa shape index (κ2) is 66.6. The first kappa shape index (κ1) is 93.1. The van der Waals surface area contributed by atoms with E-state index < -0.39 is 97.5 Å². The molecule has 5 atom stereocenters. The summed E-state index contributed by atoms with van der Waals surface area (Å²) >= 11 is 0. The molecule has 0 fully saturated rings. The number of phosphoric ester groups is 2. The topological polar surface area (TPSA) is 237 Å². The fourth-order valence-corrected chi connectivity index (χ4v) is 13.2. The van der Waals surface area contributed by atoms with Gasteiger partial charge < -0.3 is 33.8 Å². The number of hydrogen-bond acceptors (Lipinski definition) is 15. The number of esters is 4. The van der Waals surface area contributed by atoms with Crippen molar-refractivity contribution < 1.29 is 80.2 Å². The number of aliphatic hydroxyl groups excluding tert-OH is 1. The molecule has 0 bridgehead atoms. The molecular formula is C76H148O17P2. The fourth-order valence-electron chi connectivity index (χ4n) is 11.6. The lowest BCUT2D eigenvalue weighted by Gasteiger charge is -2.21. The molecule has 0 aliphatic rings. The zero-order valence-corrected chi connectivity index (χ0v) is 63.9. The van der Waals surface area contributed by atoms with E-state index in [2.05, 4.69) is 48.5 Å². The van der Waals surface area contributed by atoms with E-state index in [-0.39, 0.29) is 25.7 Å².